The first-order chi connectivity index (χ1) is 7.17. The lowest BCUT2D eigenvalue weighted by atomic mass is 10.0. The second kappa shape index (κ2) is 5.92. The van der Waals surface area contributed by atoms with Crippen molar-refractivity contribution < 1.29 is 0 Å². The van der Waals surface area contributed by atoms with Crippen LogP contribution in [0.15, 0.2) is 18.2 Å². The van der Waals surface area contributed by atoms with Crippen molar-refractivity contribution in [1.29, 1.82) is 0 Å². The standard InChI is InChI=1S/C14H23N/c1-5-14(6-2)15-10-13-9-11(3)7-8-12(13)4/h7-9,14-15H,5-6,10H2,1-4H3. The van der Waals surface area contributed by atoms with Crippen LogP contribution in [0.1, 0.15) is 43.4 Å². The molecule has 0 aliphatic carbocycles. The third-order valence-electron chi connectivity index (χ3n) is 3.07. The van der Waals surface area contributed by atoms with Crippen molar-refractivity contribution in [2.24, 2.45) is 0 Å². The van der Waals surface area contributed by atoms with Gasteiger partial charge in [-0.1, -0.05) is 37.6 Å². The highest BCUT2D eigenvalue weighted by atomic mass is 14.9. The third-order valence-corrected chi connectivity index (χ3v) is 3.07. The van der Waals surface area contributed by atoms with Gasteiger partial charge in [-0.25, -0.2) is 0 Å². The van der Waals surface area contributed by atoms with Gasteiger partial charge in [0.25, 0.3) is 0 Å². The molecule has 1 aromatic rings. The topological polar surface area (TPSA) is 12.0 Å². The van der Waals surface area contributed by atoms with Crippen molar-refractivity contribution in [2.45, 2.75) is 53.1 Å². The first-order valence-corrected chi connectivity index (χ1v) is 5.96. The highest BCUT2D eigenvalue weighted by Crippen LogP contribution is 2.11. The summed E-state index contributed by atoms with van der Waals surface area (Å²) in [6.07, 6.45) is 2.42. The van der Waals surface area contributed by atoms with Crippen LogP contribution in [0.3, 0.4) is 0 Å². The molecule has 0 aliphatic heterocycles. The molecular formula is C14H23N. The summed E-state index contributed by atoms with van der Waals surface area (Å²) in [5.41, 5.74) is 4.17. The Kier molecular flexibility index (Phi) is 4.83. The number of benzene rings is 1. The van der Waals surface area contributed by atoms with E-state index in [0.29, 0.717) is 6.04 Å². The van der Waals surface area contributed by atoms with Crippen LogP contribution in [-0.2, 0) is 6.54 Å². The van der Waals surface area contributed by atoms with E-state index < -0.39 is 0 Å². The molecule has 84 valence electrons. The van der Waals surface area contributed by atoms with Gasteiger partial charge in [0.2, 0.25) is 0 Å². The minimum Gasteiger partial charge on any atom is -0.310 e. The summed E-state index contributed by atoms with van der Waals surface area (Å²) >= 11 is 0. The maximum absolute atomic E-state index is 3.60. The van der Waals surface area contributed by atoms with Crippen LogP contribution in [0.5, 0.6) is 0 Å². The molecule has 1 heteroatoms. The summed E-state index contributed by atoms with van der Waals surface area (Å²) in [7, 11) is 0. The monoisotopic (exact) mass is 205 g/mol. The lowest BCUT2D eigenvalue weighted by Gasteiger charge is -2.16. The van der Waals surface area contributed by atoms with Gasteiger partial charge in [0.05, 0.1) is 0 Å². The quantitative estimate of drug-likeness (QED) is 0.774. The Morgan fingerprint density at radius 2 is 1.80 bits per heavy atom. The van der Waals surface area contributed by atoms with Crippen LogP contribution < -0.4 is 5.32 Å². The van der Waals surface area contributed by atoms with Crippen molar-refractivity contribution in [3.63, 3.8) is 0 Å². The van der Waals surface area contributed by atoms with Crippen LogP contribution in [-0.4, -0.2) is 6.04 Å². The Bertz CT molecular complexity index is 300. The molecule has 15 heavy (non-hydrogen) atoms. The zero-order valence-electron chi connectivity index (χ0n) is 10.4. The molecular weight excluding hydrogens is 182 g/mol. The first-order valence-electron chi connectivity index (χ1n) is 5.96. The molecule has 1 rings (SSSR count). The molecule has 0 unspecified atom stereocenters. The Morgan fingerprint density at radius 1 is 1.13 bits per heavy atom. The van der Waals surface area contributed by atoms with Crippen LogP contribution in [0.2, 0.25) is 0 Å². The van der Waals surface area contributed by atoms with E-state index in [4.69, 9.17) is 0 Å². The van der Waals surface area contributed by atoms with Crippen LogP contribution in [0.25, 0.3) is 0 Å². The number of nitrogens with one attached hydrogen (secondary N) is 1. The fourth-order valence-corrected chi connectivity index (χ4v) is 1.82. The van der Waals surface area contributed by atoms with E-state index in [9.17, 15) is 0 Å². The second-order valence-electron chi connectivity index (χ2n) is 4.32. The van der Waals surface area contributed by atoms with Gasteiger partial charge in [0.15, 0.2) is 0 Å². The summed E-state index contributed by atoms with van der Waals surface area (Å²) in [5, 5.41) is 3.60. The van der Waals surface area contributed by atoms with Gasteiger partial charge < -0.3 is 5.32 Å². The summed E-state index contributed by atoms with van der Waals surface area (Å²) < 4.78 is 0. The van der Waals surface area contributed by atoms with E-state index >= 15 is 0 Å². The highest BCUT2D eigenvalue weighted by molar-refractivity contribution is 5.30. The summed E-state index contributed by atoms with van der Waals surface area (Å²) in [4.78, 5) is 0. The zero-order chi connectivity index (χ0) is 11.3. The average molecular weight is 205 g/mol. The second-order valence-corrected chi connectivity index (χ2v) is 4.32. The van der Waals surface area contributed by atoms with Gasteiger partial charge in [0.1, 0.15) is 0 Å². The molecule has 1 N–H and O–H groups in total. The van der Waals surface area contributed by atoms with E-state index in [2.05, 4.69) is 51.2 Å². The Balaban J connectivity index is 2.60. The van der Waals surface area contributed by atoms with Gasteiger partial charge in [0, 0.05) is 12.6 Å². The van der Waals surface area contributed by atoms with Crippen molar-refractivity contribution in [3.05, 3.63) is 34.9 Å². The maximum Gasteiger partial charge on any atom is 0.0210 e. The molecule has 0 fully saturated rings. The SMILES string of the molecule is CCC(CC)NCc1cc(C)ccc1C. The summed E-state index contributed by atoms with van der Waals surface area (Å²) in [6.45, 7) is 9.82. The van der Waals surface area contributed by atoms with Crippen molar-refractivity contribution in [1.82, 2.24) is 5.32 Å². The molecule has 0 bridgehead atoms. The van der Waals surface area contributed by atoms with E-state index in [1.807, 2.05) is 0 Å². The van der Waals surface area contributed by atoms with E-state index in [0.717, 1.165) is 6.54 Å². The molecule has 0 radical (unpaired) electrons. The normalized spacial score (nSPS) is 11.0. The number of aryl methyl sites for hydroxylation is 2. The highest BCUT2D eigenvalue weighted by Gasteiger charge is 2.03. The van der Waals surface area contributed by atoms with Crippen molar-refractivity contribution in [2.75, 3.05) is 0 Å². The molecule has 1 nitrogen and oxygen atoms in total. The van der Waals surface area contributed by atoms with E-state index in [-0.39, 0.29) is 0 Å². The van der Waals surface area contributed by atoms with Gasteiger partial charge in [-0.2, -0.15) is 0 Å². The molecule has 0 spiro atoms. The van der Waals surface area contributed by atoms with Crippen LogP contribution >= 0.6 is 0 Å². The predicted molar refractivity (Wildman–Crippen MR) is 67.1 cm³/mol. The zero-order valence-corrected chi connectivity index (χ0v) is 10.4. The van der Waals surface area contributed by atoms with Crippen molar-refractivity contribution >= 4 is 0 Å². The Morgan fingerprint density at radius 3 is 2.40 bits per heavy atom. The predicted octanol–water partition coefficient (Wildman–Crippen LogP) is 3.58. The number of rotatable bonds is 5. The number of hydrogen-bond acceptors (Lipinski definition) is 1. The fourth-order valence-electron chi connectivity index (χ4n) is 1.82. The Hall–Kier alpha value is -0.820. The van der Waals surface area contributed by atoms with Crippen molar-refractivity contribution in [3.8, 4) is 0 Å². The molecule has 0 atom stereocenters. The lowest BCUT2D eigenvalue weighted by Crippen LogP contribution is -2.27. The molecule has 0 amide bonds. The van der Waals surface area contributed by atoms with E-state index in [1.54, 1.807) is 0 Å². The molecule has 0 heterocycles. The molecule has 1 aromatic carbocycles. The molecule has 0 aromatic heterocycles. The smallest absolute Gasteiger partial charge is 0.0210 e. The molecule has 0 saturated heterocycles. The minimum absolute atomic E-state index is 0.657. The van der Waals surface area contributed by atoms with Gasteiger partial charge >= 0.3 is 0 Å². The number of hydrogen-bond donors (Lipinski definition) is 1. The largest absolute Gasteiger partial charge is 0.310 e. The summed E-state index contributed by atoms with van der Waals surface area (Å²) in [5.74, 6) is 0. The third kappa shape index (κ3) is 3.67. The Labute approximate surface area is 93.9 Å². The van der Waals surface area contributed by atoms with Crippen LogP contribution in [0, 0.1) is 13.8 Å². The van der Waals surface area contributed by atoms with Gasteiger partial charge in [-0.15, -0.1) is 0 Å². The molecule has 0 saturated carbocycles. The first kappa shape index (κ1) is 12.3. The fraction of sp³-hybridized carbons (Fsp3) is 0.571. The van der Waals surface area contributed by atoms with Crippen LogP contribution in [0.4, 0.5) is 0 Å². The van der Waals surface area contributed by atoms with E-state index in [1.165, 1.54) is 29.5 Å². The lowest BCUT2D eigenvalue weighted by molar-refractivity contribution is 0.483. The van der Waals surface area contributed by atoms with Gasteiger partial charge in [-0.05, 0) is 37.8 Å². The molecule has 0 aliphatic rings. The average Bonchev–Trinajstić information content (AvgIpc) is 2.24. The summed E-state index contributed by atoms with van der Waals surface area (Å²) in [6, 6.07) is 7.32. The minimum atomic E-state index is 0.657. The maximum atomic E-state index is 3.60. The van der Waals surface area contributed by atoms with Gasteiger partial charge in [-0.3, -0.25) is 0 Å².